The number of carbonyl (C=O) groups excluding carboxylic acids is 2. The Bertz CT molecular complexity index is 1320. The predicted molar refractivity (Wildman–Crippen MR) is 132 cm³/mol. The maximum atomic E-state index is 13.4. The van der Waals surface area contributed by atoms with Gasteiger partial charge in [-0.3, -0.25) is 14.2 Å². The molecule has 1 saturated heterocycles. The lowest BCUT2D eigenvalue weighted by Crippen LogP contribution is -2.29. The van der Waals surface area contributed by atoms with E-state index in [2.05, 4.69) is 4.98 Å². The van der Waals surface area contributed by atoms with Crippen LogP contribution in [0.1, 0.15) is 50.2 Å². The van der Waals surface area contributed by atoms with Crippen molar-refractivity contribution in [2.24, 2.45) is 0 Å². The molecule has 2 aromatic carbocycles. The highest BCUT2D eigenvalue weighted by molar-refractivity contribution is 7.99. The number of aryl methyl sites for hydroxylation is 3. The van der Waals surface area contributed by atoms with Gasteiger partial charge in [-0.15, -0.1) is 0 Å². The van der Waals surface area contributed by atoms with Crippen LogP contribution in [0.25, 0.3) is 10.9 Å². The number of hydrogen-bond acceptors (Lipinski definition) is 7. The number of rotatable bonds is 7. The predicted octanol–water partition coefficient (Wildman–Crippen LogP) is 4.26. The largest absolute Gasteiger partial charge is 0.465 e. The number of methoxy groups -OCH3 is 1. The lowest BCUT2D eigenvalue weighted by Gasteiger charge is -2.17. The number of carbonyl (C=O) groups is 2. The molecule has 2 heterocycles. The van der Waals surface area contributed by atoms with Gasteiger partial charge in [-0.05, 0) is 74.6 Å². The number of ketones is 1. The Balaban J connectivity index is 1.70. The quantitative estimate of drug-likeness (QED) is 0.216. The topological polar surface area (TPSA) is 87.5 Å². The zero-order valence-corrected chi connectivity index (χ0v) is 20.7. The first-order valence-corrected chi connectivity index (χ1v) is 12.3. The molecule has 1 aliphatic rings. The van der Waals surface area contributed by atoms with Crippen molar-refractivity contribution in [3.8, 4) is 0 Å². The average molecular weight is 481 g/mol. The number of Topliss-reactive ketones (excluding diaryl/α,β-unsaturated/α-hetero) is 1. The first-order valence-electron chi connectivity index (χ1n) is 11.3. The van der Waals surface area contributed by atoms with E-state index in [0.717, 1.165) is 29.5 Å². The van der Waals surface area contributed by atoms with Gasteiger partial charge in [-0.1, -0.05) is 17.8 Å². The summed E-state index contributed by atoms with van der Waals surface area (Å²) < 4.78 is 12.2. The van der Waals surface area contributed by atoms with Crippen LogP contribution >= 0.6 is 11.8 Å². The molecule has 178 valence electrons. The molecule has 1 fully saturated rings. The minimum Gasteiger partial charge on any atom is -0.465 e. The molecule has 0 saturated carbocycles. The molecule has 1 unspecified atom stereocenters. The number of ether oxygens (including phenoxy) is 2. The number of thioether (sulfide) groups is 1. The lowest BCUT2D eigenvalue weighted by atomic mass is 9.99. The van der Waals surface area contributed by atoms with Gasteiger partial charge in [0.05, 0.1) is 42.0 Å². The Labute approximate surface area is 202 Å². The van der Waals surface area contributed by atoms with Crippen LogP contribution in [0, 0.1) is 20.8 Å². The second kappa shape index (κ2) is 10.1. The van der Waals surface area contributed by atoms with E-state index in [0.29, 0.717) is 40.3 Å². The summed E-state index contributed by atoms with van der Waals surface area (Å²) in [7, 11) is 1.31. The maximum absolute atomic E-state index is 13.4. The molecule has 0 bridgehead atoms. The SMILES string of the molecule is COC(=O)c1ccc2c(=O)n(CC3CCCO3)c(SCC(=O)c3cc(C)c(C)cc3C)nc2c1. The van der Waals surface area contributed by atoms with Crippen molar-refractivity contribution in [3.63, 3.8) is 0 Å². The van der Waals surface area contributed by atoms with Gasteiger partial charge in [0.15, 0.2) is 10.9 Å². The fourth-order valence-corrected chi connectivity index (χ4v) is 5.07. The summed E-state index contributed by atoms with van der Waals surface area (Å²) in [4.78, 5) is 43.1. The van der Waals surface area contributed by atoms with E-state index in [9.17, 15) is 14.4 Å². The number of fused-ring (bicyclic) bond motifs is 1. The van der Waals surface area contributed by atoms with Crippen LogP contribution in [-0.2, 0) is 16.0 Å². The number of hydrogen-bond donors (Lipinski definition) is 0. The fourth-order valence-electron chi connectivity index (χ4n) is 4.18. The van der Waals surface area contributed by atoms with Gasteiger partial charge in [0.1, 0.15) is 0 Å². The van der Waals surface area contributed by atoms with Crippen molar-refractivity contribution in [3.05, 3.63) is 68.5 Å². The van der Waals surface area contributed by atoms with Crippen LogP contribution in [0.3, 0.4) is 0 Å². The van der Waals surface area contributed by atoms with Crippen molar-refractivity contribution in [1.29, 1.82) is 0 Å². The fraction of sp³-hybridized carbons (Fsp3) is 0.385. The van der Waals surface area contributed by atoms with Crippen LogP contribution in [0.15, 0.2) is 40.3 Å². The van der Waals surface area contributed by atoms with Gasteiger partial charge < -0.3 is 9.47 Å². The highest BCUT2D eigenvalue weighted by atomic mass is 32.2. The molecule has 4 rings (SSSR count). The molecule has 0 aliphatic carbocycles. The van der Waals surface area contributed by atoms with Gasteiger partial charge in [-0.25, -0.2) is 9.78 Å². The molecule has 1 atom stereocenters. The summed E-state index contributed by atoms with van der Waals surface area (Å²) in [5.74, 6) is -0.377. The maximum Gasteiger partial charge on any atom is 0.337 e. The normalized spacial score (nSPS) is 15.6. The molecule has 34 heavy (non-hydrogen) atoms. The third-order valence-corrected chi connectivity index (χ3v) is 7.20. The van der Waals surface area contributed by atoms with Crippen LogP contribution < -0.4 is 5.56 Å². The summed E-state index contributed by atoms with van der Waals surface area (Å²) in [6.45, 7) is 6.99. The van der Waals surface area contributed by atoms with E-state index >= 15 is 0 Å². The zero-order valence-electron chi connectivity index (χ0n) is 19.8. The average Bonchev–Trinajstić information content (AvgIpc) is 3.34. The van der Waals surface area contributed by atoms with Gasteiger partial charge in [0, 0.05) is 12.2 Å². The van der Waals surface area contributed by atoms with Crippen LogP contribution in [0.5, 0.6) is 0 Å². The molecule has 8 heteroatoms. The molecular formula is C26H28N2O5S. The Morgan fingerprint density at radius 1 is 1.15 bits per heavy atom. The molecule has 7 nitrogen and oxygen atoms in total. The Kier molecular flexibility index (Phi) is 7.19. The summed E-state index contributed by atoms with van der Waals surface area (Å²) in [5.41, 5.74) is 4.31. The zero-order chi connectivity index (χ0) is 24.4. The van der Waals surface area contributed by atoms with Crippen LogP contribution in [0.2, 0.25) is 0 Å². The second-order valence-corrected chi connectivity index (χ2v) is 9.57. The standard InChI is InChI=1S/C26H28N2O5S/c1-15-10-17(3)21(11-16(15)2)23(29)14-34-26-27-22-12-18(25(31)32-4)7-8-20(22)24(30)28(26)13-19-6-5-9-33-19/h7-8,10-12,19H,5-6,9,13-14H2,1-4H3. The second-order valence-electron chi connectivity index (χ2n) is 8.63. The van der Waals surface area contributed by atoms with Crippen molar-refractivity contribution in [2.75, 3.05) is 19.5 Å². The van der Waals surface area contributed by atoms with Gasteiger partial charge >= 0.3 is 5.97 Å². The third-order valence-electron chi connectivity index (χ3n) is 6.23. The summed E-state index contributed by atoms with van der Waals surface area (Å²) in [6.07, 6.45) is 1.76. The van der Waals surface area contributed by atoms with Crippen molar-refractivity contribution in [2.45, 2.75) is 51.4 Å². The minimum absolute atomic E-state index is 0.0214. The monoisotopic (exact) mass is 480 g/mol. The molecular weight excluding hydrogens is 452 g/mol. The number of benzene rings is 2. The van der Waals surface area contributed by atoms with E-state index in [1.165, 1.54) is 18.9 Å². The Hall–Kier alpha value is -2.97. The number of nitrogens with zero attached hydrogens (tertiary/aromatic N) is 2. The van der Waals surface area contributed by atoms with E-state index in [1.807, 2.05) is 32.9 Å². The lowest BCUT2D eigenvalue weighted by molar-refractivity contribution is 0.0600. The van der Waals surface area contributed by atoms with Gasteiger partial charge in [0.2, 0.25) is 0 Å². The molecule has 0 amide bonds. The molecule has 0 spiro atoms. The number of esters is 1. The van der Waals surface area contributed by atoms with Crippen molar-refractivity contribution >= 4 is 34.4 Å². The van der Waals surface area contributed by atoms with E-state index < -0.39 is 5.97 Å². The molecule has 0 radical (unpaired) electrons. The third kappa shape index (κ3) is 4.93. The summed E-state index contributed by atoms with van der Waals surface area (Å²) >= 11 is 1.23. The first kappa shape index (κ1) is 24.2. The minimum atomic E-state index is -0.498. The molecule has 1 aromatic heterocycles. The van der Waals surface area contributed by atoms with E-state index in [4.69, 9.17) is 9.47 Å². The number of aromatic nitrogens is 2. The van der Waals surface area contributed by atoms with E-state index in [-0.39, 0.29) is 23.2 Å². The molecule has 0 N–H and O–H groups in total. The highest BCUT2D eigenvalue weighted by Gasteiger charge is 2.22. The summed E-state index contributed by atoms with van der Waals surface area (Å²) in [6, 6.07) is 8.65. The summed E-state index contributed by atoms with van der Waals surface area (Å²) in [5, 5.41) is 0.844. The first-order chi connectivity index (χ1) is 16.3. The van der Waals surface area contributed by atoms with Crippen molar-refractivity contribution in [1.82, 2.24) is 9.55 Å². The highest BCUT2D eigenvalue weighted by Crippen LogP contribution is 2.24. The van der Waals surface area contributed by atoms with Gasteiger partial charge in [-0.2, -0.15) is 0 Å². The Morgan fingerprint density at radius 3 is 2.62 bits per heavy atom. The van der Waals surface area contributed by atoms with Crippen LogP contribution in [0.4, 0.5) is 0 Å². The smallest absolute Gasteiger partial charge is 0.337 e. The molecule has 3 aromatic rings. The van der Waals surface area contributed by atoms with Gasteiger partial charge in [0.25, 0.3) is 5.56 Å². The van der Waals surface area contributed by atoms with Crippen molar-refractivity contribution < 1.29 is 19.1 Å². The van der Waals surface area contributed by atoms with Crippen LogP contribution in [-0.4, -0.2) is 46.9 Å². The van der Waals surface area contributed by atoms with E-state index in [1.54, 1.807) is 22.8 Å². The Morgan fingerprint density at radius 2 is 1.91 bits per heavy atom. The molecule has 1 aliphatic heterocycles.